The fourth-order valence-electron chi connectivity index (χ4n) is 2.66. The molecule has 0 aliphatic rings. The van der Waals surface area contributed by atoms with Crippen LogP contribution in [-0.2, 0) is 14.3 Å². The molecule has 9 heteroatoms. The van der Waals surface area contributed by atoms with E-state index in [1.54, 1.807) is 13.0 Å². The minimum absolute atomic E-state index is 0.167. The second kappa shape index (κ2) is 8.13. The highest BCUT2D eigenvalue weighted by molar-refractivity contribution is 7.20. The number of aliphatic carboxylic acids is 1. The summed E-state index contributed by atoms with van der Waals surface area (Å²) in [5.74, 6) is -4.68. The molecule has 0 amide bonds. The van der Waals surface area contributed by atoms with Crippen molar-refractivity contribution in [3.8, 4) is 11.6 Å². The van der Waals surface area contributed by atoms with Crippen LogP contribution in [0.1, 0.15) is 23.0 Å². The average molecular weight is 381 g/mol. The Morgan fingerprint density at radius 2 is 1.88 bits per heavy atom. The number of carboxylic acids is 1. The van der Waals surface area contributed by atoms with E-state index in [1.165, 1.54) is 20.3 Å². The Morgan fingerprint density at radius 3 is 2.38 bits per heavy atom. The monoisotopic (exact) mass is 381 g/mol. The second-order valence-corrected chi connectivity index (χ2v) is 6.50. The zero-order valence-electron chi connectivity index (χ0n) is 14.8. The molecule has 0 saturated heterocycles. The Labute approximate surface area is 153 Å². The van der Waals surface area contributed by atoms with E-state index in [0.717, 1.165) is 18.4 Å². The van der Waals surface area contributed by atoms with Gasteiger partial charge in [-0.1, -0.05) is 6.92 Å². The number of hydrogen-bond acceptors (Lipinski definition) is 8. The molecule has 2 atom stereocenters. The van der Waals surface area contributed by atoms with Gasteiger partial charge in [0.25, 0.3) is 5.88 Å². The molecule has 0 saturated carbocycles. The smallest absolute Gasteiger partial charge is 0.315 e. The summed E-state index contributed by atoms with van der Waals surface area (Å²) in [6.07, 6.45) is 0.167. The number of ketones is 1. The summed E-state index contributed by atoms with van der Waals surface area (Å²) < 4.78 is 15.6. The number of carboxylic acid groups (broad SMARTS) is 1. The number of Topliss-reactive ketones (excluding diaryl/α,β-unsaturated/α-hetero) is 1. The molecule has 0 aliphatic carbocycles. The molecule has 0 bridgehead atoms. The van der Waals surface area contributed by atoms with Gasteiger partial charge < -0.3 is 19.3 Å². The Balaban J connectivity index is 2.49. The van der Waals surface area contributed by atoms with Crippen LogP contribution in [0, 0.1) is 11.8 Å². The predicted octanol–water partition coefficient (Wildman–Crippen LogP) is 2.40. The lowest BCUT2D eigenvalue weighted by atomic mass is 9.86. The predicted molar refractivity (Wildman–Crippen MR) is 94.0 cm³/mol. The van der Waals surface area contributed by atoms with Crippen LogP contribution in [0.2, 0.25) is 0 Å². The zero-order valence-corrected chi connectivity index (χ0v) is 15.6. The molecule has 0 radical (unpaired) electrons. The number of methoxy groups -OCH3 is 3. The molecule has 8 nitrogen and oxygen atoms in total. The summed E-state index contributed by atoms with van der Waals surface area (Å²) >= 11 is 1.08. The number of carbonyl (C=O) groups excluding carboxylic acids is 2. The highest BCUT2D eigenvalue weighted by Crippen LogP contribution is 2.35. The molecule has 2 aromatic rings. The van der Waals surface area contributed by atoms with Crippen molar-refractivity contribution in [1.29, 1.82) is 0 Å². The third-order valence-electron chi connectivity index (χ3n) is 3.99. The van der Waals surface area contributed by atoms with Gasteiger partial charge in [-0.25, -0.2) is 4.98 Å². The Morgan fingerprint density at radius 1 is 1.19 bits per heavy atom. The van der Waals surface area contributed by atoms with Gasteiger partial charge in [0.1, 0.15) is 5.92 Å². The first-order valence-corrected chi connectivity index (χ1v) is 8.56. The Hall–Kier alpha value is -2.68. The molecular weight excluding hydrogens is 362 g/mol. The van der Waals surface area contributed by atoms with Crippen molar-refractivity contribution in [3.05, 3.63) is 17.0 Å². The number of carbonyl (C=O) groups is 3. The molecule has 0 aliphatic heterocycles. The van der Waals surface area contributed by atoms with Crippen LogP contribution in [-0.4, -0.2) is 49.1 Å². The minimum Gasteiger partial charge on any atom is -0.491 e. The lowest BCUT2D eigenvalue weighted by molar-refractivity contribution is -0.154. The van der Waals surface area contributed by atoms with Gasteiger partial charge in [-0.05, 0) is 12.5 Å². The fraction of sp³-hybridized carbons (Fsp3) is 0.412. The van der Waals surface area contributed by atoms with Crippen LogP contribution >= 0.6 is 11.3 Å². The molecule has 0 fully saturated rings. The first-order valence-electron chi connectivity index (χ1n) is 7.75. The van der Waals surface area contributed by atoms with Crippen molar-refractivity contribution >= 4 is 39.3 Å². The number of esters is 1. The van der Waals surface area contributed by atoms with Gasteiger partial charge in [0.2, 0.25) is 0 Å². The van der Waals surface area contributed by atoms with Crippen LogP contribution < -0.4 is 9.47 Å². The maximum atomic E-state index is 12.8. The molecule has 2 aromatic heterocycles. The number of ether oxygens (including phenoxy) is 3. The van der Waals surface area contributed by atoms with Crippen LogP contribution in [0.25, 0.3) is 10.2 Å². The first-order chi connectivity index (χ1) is 12.4. The lowest BCUT2D eigenvalue weighted by Crippen LogP contribution is -2.36. The van der Waals surface area contributed by atoms with Crippen molar-refractivity contribution in [2.45, 2.75) is 13.3 Å². The molecular formula is C17H19NO7S. The molecule has 2 heterocycles. The van der Waals surface area contributed by atoms with Gasteiger partial charge in [-0.3, -0.25) is 14.4 Å². The third-order valence-corrected chi connectivity index (χ3v) is 5.07. The van der Waals surface area contributed by atoms with E-state index in [-0.39, 0.29) is 17.2 Å². The quantitative estimate of drug-likeness (QED) is 0.421. The number of pyridine rings is 1. The number of rotatable bonds is 8. The minimum atomic E-state index is -1.52. The molecule has 140 valence electrons. The molecule has 1 N–H and O–H groups in total. The van der Waals surface area contributed by atoms with E-state index < -0.39 is 29.6 Å². The fourth-order valence-corrected chi connectivity index (χ4v) is 3.67. The summed E-state index contributed by atoms with van der Waals surface area (Å²) in [5.41, 5.74) is 0.478. The zero-order chi connectivity index (χ0) is 19.4. The summed E-state index contributed by atoms with van der Waals surface area (Å²) in [7, 11) is 4.07. The molecule has 2 unspecified atom stereocenters. The van der Waals surface area contributed by atoms with Gasteiger partial charge in [0, 0.05) is 6.07 Å². The molecule has 0 aromatic carbocycles. The van der Waals surface area contributed by atoms with E-state index in [4.69, 9.17) is 9.47 Å². The van der Waals surface area contributed by atoms with Gasteiger partial charge in [-0.2, -0.15) is 0 Å². The van der Waals surface area contributed by atoms with Crippen molar-refractivity contribution in [3.63, 3.8) is 0 Å². The van der Waals surface area contributed by atoms with E-state index in [0.29, 0.717) is 16.0 Å². The van der Waals surface area contributed by atoms with Gasteiger partial charge >= 0.3 is 11.9 Å². The maximum absolute atomic E-state index is 12.8. The Bertz CT molecular complexity index is 804. The van der Waals surface area contributed by atoms with Gasteiger partial charge in [-0.15, -0.1) is 11.3 Å². The normalized spacial score (nSPS) is 13.1. The summed E-state index contributed by atoms with van der Waals surface area (Å²) in [5, 5.41) is 9.51. The average Bonchev–Trinajstić information content (AvgIpc) is 3.06. The van der Waals surface area contributed by atoms with Crippen LogP contribution in [0.15, 0.2) is 12.1 Å². The summed E-state index contributed by atoms with van der Waals surface area (Å²) in [4.78, 5) is 40.8. The number of nitrogens with zero attached hydrogens (tertiary/aromatic N) is 1. The van der Waals surface area contributed by atoms with Crippen molar-refractivity contribution in [2.24, 2.45) is 11.8 Å². The Kier molecular flexibility index (Phi) is 6.14. The van der Waals surface area contributed by atoms with E-state index in [9.17, 15) is 19.5 Å². The number of hydrogen-bond donors (Lipinski definition) is 1. The second-order valence-electron chi connectivity index (χ2n) is 5.41. The maximum Gasteiger partial charge on any atom is 0.315 e. The molecule has 26 heavy (non-hydrogen) atoms. The van der Waals surface area contributed by atoms with Crippen molar-refractivity contribution in [1.82, 2.24) is 4.98 Å². The summed E-state index contributed by atoms with van der Waals surface area (Å²) in [6.45, 7) is 1.63. The molecule has 0 spiro atoms. The SMILES string of the molecule is CCC(C(=O)OC)C(C(=O)O)C(=O)c1cc2nc(OC)c(OC)cc2s1. The van der Waals surface area contributed by atoms with E-state index in [2.05, 4.69) is 9.72 Å². The summed E-state index contributed by atoms with van der Waals surface area (Å²) in [6, 6.07) is 3.15. The van der Waals surface area contributed by atoms with Gasteiger partial charge in [0.05, 0.1) is 42.3 Å². The number of fused-ring (bicyclic) bond motifs is 1. The van der Waals surface area contributed by atoms with E-state index in [1.807, 2.05) is 0 Å². The highest BCUT2D eigenvalue weighted by Gasteiger charge is 2.40. The topological polar surface area (TPSA) is 112 Å². The number of thiophene rings is 1. The highest BCUT2D eigenvalue weighted by atomic mass is 32.1. The van der Waals surface area contributed by atoms with Crippen LogP contribution in [0.3, 0.4) is 0 Å². The largest absolute Gasteiger partial charge is 0.491 e. The van der Waals surface area contributed by atoms with Crippen LogP contribution in [0.4, 0.5) is 0 Å². The van der Waals surface area contributed by atoms with Crippen LogP contribution in [0.5, 0.6) is 11.6 Å². The van der Waals surface area contributed by atoms with Crippen molar-refractivity contribution < 1.29 is 33.7 Å². The van der Waals surface area contributed by atoms with E-state index >= 15 is 0 Å². The third kappa shape index (κ3) is 3.62. The molecule has 2 rings (SSSR count). The number of aromatic nitrogens is 1. The standard InChI is InChI=1S/C17H19NO7S/c1-5-8(17(22)25-4)13(16(20)21)14(19)12-6-9-11(26-12)7-10(23-2)15(18-9)24-3/h6-8,13H,5H2,1-4H3,(H,20,21). The first kappa shape index (κ1) is 19.6. The lowest BCUT2D eigenvalue weighted by Gasteiger charge is -2.18. The van der Waals surface area contributed by atoms with Gasteiger partial charge in [0.15, 0.2) is 11.5 Å². The van der Waals surface area contributed by atoms with Crippen molar-refractivity contribution in [2.75, 3.05) is 21.3 Å².